The van der Waals surface area contributed by atoms with Crippen molar-refractivity contribution in [2.24, 2.45) is 0 Å². The van der Waals surface area contributed by atoms with E-state index in [1.165, 1.54) is 69.1 Å². The lowest BCUT2D eigenvalue weighted by atomic mass is 10.0. The molecule has 0 aliphatic heterocycles. The first-order chi connectivity index (χ1) is 10.6. The van der Waals surface area contributed by atoms with E-state index in [9.17, 15) is 9.90 Å². The molecule has 2 nitrogen and oxygen atoms in total. The van der Waals surface area contributed by atoms with Gasteiger partial charge in [-0.1, -0.05) is 71.1 Å². The van der Waals surface area contributed by atoms with E-state index < -0.39 is 6.10 Å². The van der Waals surface area contributed by atoms with Gasteiger partial charge >= 0.3 is 0 Å². The molecule has 0 aliphatic rings. The first kappa shape index (κ1) is 19.4. The van der Waals surface area contributed by atoms with Crippen molar-refractivity contribution in [1.82, 2.24) is 0 Å². The van der Waals surface area contributed by atoms with Gasteiger partial charge in [0, 0.05) is 4.88 Å². The Morgan fingerprint density at radius 2 is 1.55 bits per heavy atom. The van der Waals surface area contributed by atoms with Crippen LogP contribution in [0.1, 0.15) is 105 Å². The van der Waals surface area contributed by atoms with Crippen LogP contribution in [0.5, 0.6) is 0 Å². The number of unbranched alkanes of at least 4 members (excludes halogenated alkanes) is 9. The van der Waals surface area contributed by atoms with E-state index in [1.807, 2.05) is 12.1 Å². The second-order valence-electron chi connectivity index (χ2n) is 6.24. The standard InChI is InChI=1S/C19H32O2S/c1-3-4-5-6-7-8-9-10-11-12-13-17(21)19-15-14-18(22-19)16(2)20/h14-15,17,21H,3-13H2,1-2H3. The van der Waals surface area contributed by atoms with Crippen molar-refractivity contribution < 1.29 is 9.90 Å². The predicted molar refractivity (Wildman–Crippen MR) is 95.7 cm³/mol. The Morgan fingerprint density at radius 1 is 1.00 bits per heavy atom. The van der Waals surface area contributed by atoms with E-state index in [4.69, 9.17) is 0 Å². The fraction of sp³-hybridized carbons (Fsp3) is 0.737. The number of Topliss-reactive ketones (excluding diaryl/α,β-unsaturated/α-hetero) is 1. The minimum absolute atomic E-state index is 0.0855. The maximum atomic E-state index is 11.3. The second-order valence-corrected chi connectivity index (χ2v) is 7.36. The van der Waals surface area contributed by atoms with E-state index in [1.54, 1.807) is 6.92 Å². The zero-order valence-electron chi connectivity index (χ0n) is 14.3. The van der Waals surface area contributed by atoms with Gasteiger partial charge in [0.25, 0.3) is 0 Å². The van der Waals surface area contributed by atoms with E-state index in [-0.39, 0.29) is 5.78 Å². The topological polar surface area (TPSA) is 37.3 Å². The second kappa shape index (κ2) is 11.8. The van der Waals surface area contributed by atoms with Gasteiger partial charge in [0.1, 0.15) is 0 Å². The molecular formula is C19H32O2S. The molecule has 0 bridgehead atoms. The minimum Gasteiger partial charge on any atom is -0.388 e. The first-order valence-corrected chi connectivity index (χ1v) is 9.75. The number of aliphatic hydroxyl groups is 1. The quantitative estimate of drug-likeness (QED) is 0.342. The summed E-state index contributed by atoms with van der Waals surface area (Å²) in [5, 5.41) is 10.1. The minimum atomic E-state index is -0.396. The molecule has 0 aromatic carbocycles. The van der Waals surface area contributed by atoms with Crippen LogP contribution in [0, 0.1) is 0 Å². The number of rotatable bonds is 13. The molecule has 0 amide bonds. The highest BCUT2D eigenvalue weighted by atomic mass is 32.1. The largest absolute Gasteiger partial charge is 0.388 e. The molecule has 1 N–H and O–H groups in total. The highest BCUT2D eigenvalue weighted by molar-refractivity contribution is 7.14. The van der Waals surface area contributed by atoms with Crippen LogP contribution in [0.4, 0.5) is 0 Å². The monoisotopic (exact) mass is 324 g/mol. The molecule has 0 aliphatic carbocycles. The average molecular weight is 325 g/mol. The summed E-state index contributed by atoms with van der Waals surface area (Å²) in [7, 11) is 0. The van der Waals surface area contributed by atoms with E-state index in [0.717, 1.165) is 22.6 Å². The van der Waals surface area contributed by atoms with Gasteiger partial charge in [0.05, 0.1) is 11.0 Å². The maximum Gasteiger partial charge on any atom is 0.169 e. The molecule has 1 rings (SSSR count). The van der Waals surface area contributed by atoms with Crippen molar-refractivity contribution in [3.05, 3.63) is 21.9 Å². The van der Waals surface area contributed by atoms with Gasteiger partial charge in [-0.3, -0.25) is 4.79 Å². The Morgan fingerprint density at radius 3 is 2.05 bits per heavy atom. The van der Waals surface area contributed by atoms with Crippen molar-refractivity contribution in [1.29, 1.82) is 0 Å². The molecule has 1 heterocycles. The van der Waals surface area contributed by atoms with Crippen LogP contribution in [0.15, 0.2) is 12.1 Å². The molecule has 1 aromatic heterocycles. The number of hydrogen-bond donors (Lipinski definition) is 1. The molecule has 1 atom stereocenters. The number of carbonyl (C=O) groups is 1. The summed E-state index contributed by atoms with van der Waals surface area (Å²) in [5.74, 6) is 0.0855. The van der Waals surface area contributed by atoms with Crippen LogP contribution in [-0.4, -0.2) is 10.9 Å². The Balaban J connectivity index is 2.00. The average Bonchev–Trinajstić information content (AvgIpc) is 2.99. The molecule has 22 heavy (non-hydrogen) atoms. The fourth-order valence-corrected chi connectivity index (χ4v) is 3.61. The normalized spacial score (nSPS) is 12.5. The summed E-state index contributed by atoms with van der Waals surface area (Å²) in [6.07, 6.45) is 13.5. The van der Waals surface area contributed by atoms with Crippen LogP contribution < -0.4 is 0 Å². The lowest BCUT2D eigenvalue weighted by Crippen LogP contribution is -1.94. The van der Waals surface area contributed by atoms with Crippen molar-refractivity contribution in [2.75, 3.05) is 0 Å². The number of aliphatic hydroxyl groups excluding tert-OH is 1. The highest BCUT2D eigenvalue weighted by Gasteiger charge is 2.11. The number of hydrogen-bond acceptors (Lipinski definition) is 3. The van der Waals surface area contributed by atoms with Gasteiger partial charge in [-0.25, -0.2) is 0 Å². The number of ketones is 1. The van der Waals surface area contributed by atoms with Crippen LogP contribution in [0.3, 0.4) is 0 Å². The lowest BCUT2D eigenvalue weighted by Gasteiger charge is -2.08. The van der Waals surface area contributed by atoms with E-state index in [0.29, 0.717) is 0 Å². The number of carbonyl (C=O) groups excluding carboxylic acids is 1. The molecule has 0 saturated carbocycles. The summed E-state index contributed by atoms with van der Waals surface area (Å²) in [5.41, 5.74) is 0. The third-order valence-corrected chi connectivity index (χ3v) is 5.42. The highest BCUT2D eigenvalue weighted by Crippen LogP contribution is 2.27. The SMILES string of the molecule is CCCCCCCCCCCCC(O)c1ccc(C(C)=O)s1. The van der Waals surface area contributed by atoms with Crippen molar-refractivity contribution in [3.8, 4) is 0 Å². The third kappa shape index (κ3) is 8.09. The van der Waals surface area contributed by atoms with Gasteiger partial charge in [-0.15, -0.1) is 11.3 Å². The van der Waals surface area contributed by atoms with Crippen molar-refractivity contribution in [2.45, 2.75) is 90.6 Å². The molecule has 0 radical (unpaired) electrons. The number of thiophene rings is 1. The Kier molecular flexibility index (Phi) is 10.4. The summed E-state index contributed by atoms with van der Waals surface area (Å²) in [6, 6.07) is 3.71. The first-order valence-electron chi connectivity index (χ1n) is 8.94. The Labute approximate surface area is 140 Å². The zero-order valence-corrected chi connectivity index (χ0v) is 15.1. The van der Waals surface area contributed by atoms with Crippen molar-refractivity contribution >= 4 is 17.1 Å². The van der Waals surface area contributed by atoms with Crippen molar-refractivity contribution in [3.63, 3.8) is 0 Å². The molecule has 3 heteroatoms. The molecule has 1 aromatic rings. The summed E-state index contributed by atoms with van der Waals surface area (Å²) in [6.45, 7) is 3.83. The smallest absolute Gasteiger partial charge is 0.169 e. The van der Waals surface area contributed by atoms with Gasteiger partial charge in [0.2, 0.25) is 0 Å². The van der Waals surface area contributed by atoms with Gasteiger partial charge in [0.15, 0.2) is 5.78 Å². The van der Waals surface area contributed by atoms with E-state index >= 15 is 0 Å². The molecule has 0 fully saturated rings. The summed E-state index contributed by atoms with van der Waals surface area (Å²) in [4.78, 5) is 12.9. The Hall–Kier alpha value is -0.670. The Bertz CT molecular complexity index is 411. The lowest BCUT2D eigenvalue weighted by molar-refractivity contribution is 0.102. The zero-order chi connectivity index (χ0) is 16.2. The van der Waals surface area contributed by atoms with Crippen LogP contribution in [0.25, 0.3) is 0 Å². The molecule has 126 valence electrons. The summed E-state index contributed by atoms with van der Waals surface area (Å²) >= 11 is 1.43. The molecular weight excluding hydrogens is 292 g/mol. The van der Waals surface area contributed by atoms with Crippen LogP contribution in [-0.2, 0) is 0 Å². The molecule has 1 unspecified atom stereocenters. The molecule has 0 saturated heterocycles. The van der Waals surface area contributed by atoms with Gasteiger partial charge < -0.3 is 5.11 Å². The van der Waals surface area contributed by atoms with Crippen LogP contribution >= 0.6 is 11.3 Å². The van der Waals surface area contributed by atoms with Crippen LogP contribution in [0.2, 0.25) is 0 Å². The maximum absolute atomic E-state index is 11.3. The summed E-state index contributed by atoms with van der Waals surface area (Å²) < 4.78 is 0. The fourth-order valence-electron chi connectivity index (χ4n) is 2.69. The van der Waals surface area contributed by atoms with E-state index in [2.05, 4.69) is 6.92 Å². The molecule has 0 spiro atoms. The third-order valence-electron chi connectivity index (χ3n) is 4.13. The predicted octanol–water partition coefficient (Wildman–Crippen LogP) is 6.30. The van der Waals surface area contributed by atoms with Gasteiger partial charge in [-0.05, 0) is 25.5 Å². The van der Waals surface area contributed by atoms with Gasteiger partial charge in [-0.2, -0.15) is 0 Å².